The highest BCUT2D eigenvalue weighted by molar-refractivity contribution is 5.89. The summed E-state index contributed by atoms with van der Waals surface area (Å²) in [6.07, 6.45) is 5.29. The second-order valence-electron chi connectivity index (χ2n) is 23.5. The Balaban J connectivity index is 0.697. The molecule has 3 aromatic rings. The molecule has 1 spiro atoms. The number of nitrogens with one attached hydrogen (secondary N) is 5. The van der Waals surface area contributed by atoms with Crippen molar-refractivity contribution >= 4 is 41.0 Å². The topological polar surface area (TPSA) is 191 Å². The number of likely N-dealkylation sites (tertiary alicyclic amines) is 3. The second kappa shape index (κ2) is 25.1. The van der Waals surface area contributed by atoms with Gasteiger partial charge in [0, 0.05) is 96.2 Å². The van der Waals surface area contributed by atoms with E-state index in [1.807, 2.05) is 57.2 Å². The third-order valence-corrected chi connectivity index (χ3v) is 16.3. The Hall–Kier alpha value is -5.50. The molecule has 17 nitrogen and oxygen atoms in total. The van der Waals surface area contributed by atoms with Crippen molar-refractivity contribution < 1.29 is 33.1 Å². The van der Waals surface area contributed by atoms with E-state index in [4.69, 9.17) is 0 Å². The first-order valence-electron chi connectivity index (χ1n) is 27.5. The Morgan fingerprint density at radius 1 is 0.813 bits per heavy atom. The summed E-state index contributed by atoms with van der Waals surface area (Å²) in [6, 6.07) is 13.5. The predicted octanol–water partition coefficient (Wildman–Crippen LogP) is 4.02. The molecule has 5 saturated heterocycles. The van der Waals surface area contributed by atoms with Crippen molar-refractivity contribution in [3.63, 3.8) is 0 Å². The highest BCUT2D eigenvalue weighted by Crippen LogP contribution is 2.35. The fourth-order valence-electron chi connectivity index (χ4n) is 11.8. The lowest BCUT2D eigenvalue weighted by molar-refractivity contribution is -0.136. The predicted molar refractivity (Wildman–Crippen MR) is 287 cm³/mol. The zero-order chi connectivity index (χ0) is 53.3. The number of aliphatic hydroxyl groups is 1. The van der Waals surface area contributed by atoms with Crippen molar-refractivity contribution in [1.29, 1.82) is 0 Å². The summed E-state index contributed by atoms with van der Waals surface area (Å²) in [6.45, 7) is 20.1. The molecule has 5 atom stereocenters. The monoisotopic (exact) mass is 1040 g/mol. The molecule has 0 bridgehead atoms. The maximum Gasteiger partial charge on any atom is 0.249 e. The summed E-state index contributed by atoms with van der Waals surface area (Å²) < 4.78 is 31.2. The Labute approximate surface area is 442 Å². The average molecular weight is 1040 g/mol. The molecule has 0 aliphatic carbocycles. The number of aliphatic hydroxyl groups excluding tert-OH is 1. The van der Waals surface area contributed by atoms with Gasteiger partial charge >= 0.3 is 0 Å². The minimum atomic E-state index is -1.23. The molecule has 1 aromatic heterocycles. The van der Waals surface area contributed by atoms with Crippen LogP contribution in [-0.2, 0) is 32.1 Å². The van der Waals surface area contributed by atoms with E-state index in [9.17, 15) is 24.3 Å². The first kappa shape index (κ1) is 55.7. The third-order valence-electron chi connectivity index (χ3n) is 16.3. The molecular weight excluding hydrogens is 959 g/mol. The number of carbonyl (C=O) groups excluding carboxylic acids is 4. The molecule has 6 N–H and O–H groups in total. The maximum absolute atomic E-state index is 15.7. The molecule has 0 saturated carbocycles. The van der Waals surface area contributed by atoms with Gasteiger partial charge in [0.15, 0.2) is 0 Å². The summed E-state index contributed by atoms with van der Waals surface area (Å²) in [7, 11) is 0. The number of piperidine rings is 2. The van der Waals surface area contributed by atoms with Crippen LogP contribution in [0.2, 0.25) is 0 Å². The maximum atomic E-state index is 15.7. The zero-order valence-corrected chi connectivity index (χ0v) is 44.9. The van der Waals surface area contributed by atoms with Crippen molar-refractivity contribution in [2.75, 3.05) is 113 Å². The summed E-state index contributed by atoms with van der Waals surface area (Å²) in [5.74, 6) is 0.291. The molecule has 410 valence electrons. The van der Waals surface area contributed by atoms with Crippen LogP contribution in [0.15, 0.2) is 54.9 Å². The molecule has 6 heterocycles. The quantitative estimate of drug-likeness (QED) is 0.0793. The van der Waals surface area contributed by atoms with Gasteiger partial charge in [-0.1, -0.05) is 65.0 Å². The molecule has 4 amide bonds. The number of hydrogen-bond acceptors (Lipinski definition) is 13. The highest BCUT2D eigenvalue weighted by Gasteiger charge is 2.43. The largest absolute Gasteiger partial charge is 0.383 e. The summed E-state index contributed by atoms with van der Waals surface area (Å²) in [5.41, 5.74) is 1.19. The van der Waals surface area contributed by atoms with Crippen molar-refractivity contribution in [3.05, 3.63) is 77.6 Å². The van der Waals surface area contributed by atoms with Gasteiger partial charge in [0.1, 0.15) is 41.7 Å². The molecule has 0 unspecified atom stereocenters. The summed E-state index contributed by atoms with van der Waals surface area (Å²) in [4.78, 5) is 72.0. The number of halogens is 2. The Morgan fingerprint density at radius 3 is 2.23 bits per heavy atom. The van der Waals surface area contributed by atoms with Crippen molar-refractivity contribution in [3.8, 4) is 0 Å². The van der Waals surface area contributed by atoms with E-state index >= 15 is 8.78 Å². The Morgan fingerprint density at radius 2 is 1.52 bits per heavy atom. The van der Waals surface area contributed by atoms with Gasteiger partial charge in [-0.05, 0) is 98.8 Å². The zero-order valence-electron chi connectivity index (χ0n) is 44.9. The molecule has 75 heavy (non-hydrogen) atoms. The number of nitrogens with zero attached hydrogens (tertiary/aromatic N) is 7. The van der Waals surface area contributed by atoms with Gasteiger partial charge in [-0.15, -0.1) is 0 Å². The summed E-state index contributed by atoms with van der Waals surface area (Å²) >= 11 is 0. The molecular formula is C56H82F2N12O5. The molecule has 8 rings (SSSR count). The number of benzene rings is 2. The third kappa shape index (κ3) is 15.3. The van der Waals surface area contributed by atoms with E-state index in [-0.39, 0.29) is 47.2 Å². The lowest BCUT2D eigenvalue weighted by Gasteiger charge is -2.48. The molecule has 0 radical (unpaired) electrons. The number of anilines is 3. The minimum Gasteiger partial charge on any atom is -0.383 e. The van der Waals surface area contributed by atoms with Crippen LogP contribution in [0.3, 0.4) is 0 Å². The van der Waals surface area contributed by atoms with Gasteiger partial charge in [0.05, 0.1) is 24.3 Å². The van der Waals surface area contributed by atoms with Crippen LogP contribution in [-0.4, -0.2) is 169 Å². The smallest absolute Gasteiger partial charge is 0.249 e. The lowest BCUT2D eigenvalue weighted by atomic mass is 9.82. The molecule has 19 heteroatoms. The van der Waals surface area contributed by atoms with Gasteiger partial charge in [0.25, 0.3) is 0 Å². The van der Waals surface area contributed by atoms with Crippen molar-refractivity contribution in [2.45, 2.75) is 104 Å². The Bertz CT molecular complexity index is 2400. The standard InChI is InChI=1S/C56H82F2N12O5/c1-38(2)24-46(64-54(75)52(73)39(3)25-40-10-7-6-8-11-40)53(74)61-18-23-67-30-42-32-68(33-43(42)31-67)34-50(71)60-17-9-16-59-48-28-49(63-37-62-48)69-21-14-56(15-22-69)36-70(35-51(72)65-56)47-27-44(57)41(26-45(47)58)29-66-19-12-55(4,5)13-20-66/h6-8,10-11,26-28,37-39,42-43,46,52,73H,9,12-25,29-36H2,1-5H3,(H,60,71)(H,61,74)(H,64,75)(H,65,72)(H,59,62,63)/t39-,42-,43+,46+,52+/m1/s1. The van der Waals surface area contributed by atoms with E-state index in [0.717, 1.165) is 63.5 Å². The van der Waals surface area contributed by atoms with E-state index in [0.29, 0.717) is 114 Å². The number of amides is 4. The van der Waals surface area contributed by atoms with Crippen LogP contribution in [0.5, 0.6) is 0 Å². The molecule has 2 aromatic carbocycles. The van der Waals surface area contributed by atoms with Crippen LogP contribution < -0.4 is 36.4 Å². The SMILES string of the molecule is CC(C)C[C@H](NC(=O)[C@@H](O)[C@H](C)Cc1ccccc1)C(=O)NCCN1C[C@@H]2CN(CC(=O)NCCCNc3cc(N4CCC5(CC4)CN(c4cc(F)c(CN6CCC(C)(C)CC6)cc4F)CC(=O)N5)ncn3)C[C@@H]2C1. The fourth-order valence-corrected chi connectivity index (χ4v) is 11.8. The number of fused-ring (bicyclic) bond motifs is 1. The molecule has 5 aliphatic heterocycles. The van der Waals surface area contributed by atoms with Crippen LogP contribution in [0, 0.1) is 40.7 Å². The number of rotatable bonds is 22. The lowest BCUT2D eigenvalue weighted by Crippen LogP contribution is -2.66. The first-order chi connectivity index (χ1) is 35.9. The number of hydrogen-bond donors (Lipinski definition) is 6. The van der Waals surface area contributed by atoms with E-state index in [1.54, 1.807) is 4.90 Å². The average Bonchev–Trinajstić information content (AvgIpc) is 3.93. The minimum absolute atomic E-state index is 0.00276. The van der Waals surface area contributed by atoms with Gasteiger partial charge in [-0.2, -0.15) is 0 Å². The van der Waals surface area contributed by atoms with E-state index in [1.165, 1.54) is 18.5 Å². The first-order valence-corrected chi connectivity index (χ1v) is 27.5. The van der Waals surface area contributed by atoms with E-state index in [2.05, 4.69) is 70.0 Å². The van der Waals surface area contributed by atoms with Crippen LogP contribution in [0.4, 0.5) is 26.1 Å². The summed E-state index contributed by atoms with van der Waals surface area (Å²) in [5, 5.41) is 26.3. The van der Waals surface area contributed by atoms with Crippen molar-refractivity contribution in [1.82, 2.24) is 45.9 Å². The van der Waals surface area contributed by atoms with E-state index < -0.39 is 35.2 Å². The van der Waals surface area contributed by atoms with Gasteiger partial charge in [-0.25, -0.2) is 18.7 Å². The molecule has 5 fully saturated rings. The van der Waals surface area contributed by atoms with Gasteiger partial charge in [0.2, 0.25) is 23.6 Å². The number of carbonyl (C=O) groups is 4. The normalized spacial score (nSPS) is 22.1. The van der Waals surface area contributed by atoms with Gasteiger partial charge in [-0.3, -0.25) is 29.0 Å². The van der Waals surface area contributed by atoms with Crippen LogP contribution in [0.25, 0.3) is 0 Å². The number of aromatic nitrogens is 2. The van der Waals surface area contributed by atoms with Crippen molar-refractivity contribution in [2.24, 2.45) is 29.1 Å². The molecule has 5 aliphatic rings. The number of piperazine rings is 1. The Kier molecular flexibility index (Phi) is 18.7. The van der Waals surface area contributed by atoms with Gasteiger partial charge < -0.3 is 46.4 Å². The van der Waals surface area contributed by atoms with Crippen LogP contribution >= 0.6 is 0 Å². The fraction of sp³-hybridized carbons (Fsp3) is 0.643. The second-order valence-corrected chi connectivity index (χ2v) is 23.5. The van der Waals surface area contributed by atoms with Crippen LogP contribution in [0.1, 0.15) is 84.3 Å². The highest BCUT2D eigenvalue weighted by atomic mass is 19.1.